The summed E-state index contributed by atoms with van der Waals surface area (Å²) in [6.45, 7) is 3.35. The van der Waals surface area contributed by atoms with Crippen LogP contribution in [0.3, 0.4) is 0 Å². The molecule has 1 aliphatic rings. The van der Waals surface area contributed by atoms with E-state index in [0.717, 1.165) is 20.9 Å². The number of nitrogens with zero attached hydrogens (tertiary/aromatic N) is 2. The highest BCUT2D eigenvalue weighted by Crippen LogP contribution is 2.37. The number of nitro groups is 1. The molecule has 1 heterocycles. The molecule has 11 heteroatoms. The Kier molecular flexibility index (Phi) is 8.01. The first-order valence-electron chi connectivity index (χ1n) is 10.9. The van der Waals surface area contributed by atoms with E-state index in [1.807, 2.05) is 26.0 Å². The molecule has 0 radical (unpaired) electrons. The molecule has 1 fully saturated rings. The van der Waals surface area contributed by atoms with Crippen LogP contribution in [0.1, 0.15) is 16.7 Å². The fraction of sp³-hybridized carbons (Fsp3) is 0.115. The fourth-order valence-electron chi connectivity index (χ4n) is 3.56. The minimum Gasteiger partial charge on any atom is -0.324 e. The van der Waals surface area contributed by atoms with Gasteiger partial charge in [0.15, 0.2) is 0 Å². The molecule has 1 N–H and O–H groups in total. The van der Waals surface area contributed by atoms with E-state index in [9.17, 15) is 24.5 Å². The van der Waals surface area contributed by atoms with E-state index in [2.05, 4.69) is 5.32 Å². The van der Waals surface area contributed by atoms with Gasteiger partial charge in [0.05, 0.1) is 14.7 Å². The average molecular weight is 554 g/mol. The van der Waals surface area contributed by atoms with E-state index >= 15 is 0 Å². The van der Waals surface area contributed by atoms with Crippen LogP contribution < -0.4 is 5.32 Å². The number of imide groups is 1. The maximum atomic E-state index is 12.9. The SMILES string of the molecule is Cc1ccc(NC(=O)CN2C(=O)S/C(=C\c3ccc(Sc4ccc(Cl)cc4)c([N+](=O)[O-])c3)C2=O)c(C)c1. The summed E-state index contributed by atoms with van der Waals surface area (Å²) in [5.74, 6) is -1.14. The van der Waals surface area contributed by atoms with Gasteiger partial charge in [-0.15, -0.1) is 0 Å². The number of nitro benzene ring substituents is 1. The topological polar surface area (TPSA) is 110 Å². The second kappa shape index (κ2) is 11.2. The van der Waals surface area contributed by atoms with Crippen LogP contribution in [0.15, 0.2) is 75.4 Å². The number of aryl methyl sites for hydroxylation is 2. The number of amides is 3. The fourth-order valence-corrected chi connectivity index (χ4v) is 5.42. The van der Waals surface area contributed by atoms with Gasteiger partial charge in [-0.05, 0) is 79.2 Å². The molecular weight excluding hydrogens is 534 g/mol. The highest BCUT2D eigenvalue weighted by atomic mass is 35.5. The van der Waals surface area contributed by atoms with Crippen molar-refractivity contribution >= 4 is 69.6 Å². The molecule has 3 aromatic rings. The Balaban J connectivity index is 1.49. The number of thioether (sulfide) groups is 1. The number of anilines is 1. The third-order valence-electron chi connectivity index (χ3n) is 5.35. The Bertz CT molecular complexity index is 1460. The first kappa shape index (κ1) is 26.5. The number of hydrogen-bond acceptors (Lipinski definition) is 7. The highest BCUT2D eigenvalue weighted by Gasteiger charge is 2.36. The van der Waals surface area contributed by atoms with Gasteiger partial charge in [0, 0.05) is 21.7 Å². The first-order chi connectivity index (χ1) is 17.6. The molecule has 1 saturated heterocycles. The Morgan fingerprint density at radius 2 is 1.84 bits per heavy atom. The smallest absolute Gasteiger partial charge is 0.294 e. The van der Waals surface area contributed by atoms with Gasteiger partial charge in [-0.2, -0.15) is 0 Å². The zero-order valence-electron chi connectivity index (χ0n) is 19.7. The molecule has 0 spiro atoms. The maximum absolute atomic E-state index is 12.9. The highest BCUT2D eigenvalue weighted by molar-refractivity contribution is 8.18. The third-order valence-corrected chi connectivity index (χ3v) is 7.58. The van der Waals surface area contributed by atoms with Crippen molar-refractivity contribution < 1.29 is 19.3 Å². The summed E-state index contributed by atoms with van der Waals surface area (Å²) in [6.07, 6.45) is 1.41. The molecule has 8 nitrogen and oxygen atoms in total. The quantitative estimate of drug-likeness (QED) is 0.197. The minimum absolute atomic E-state index is 0.0803. The van der Waals surface area contributed by atoms with Gasteiger partial charge in [0.25, 0.3) is 16.8 Å². The standard InChI is InChI=1S/C26H20ClN3O5S2/c1-15-3-9-20(16(2)11-15)28-24(31)14-29-25(32)23(37-26(29)33)13-17-4-10-22(21(12-17)30(34)35)36-19-7-5-18(27)6-8-19/h3-13H,14H2,1-2H3,(H,28,31)/b23-13-. The number of rotatable bonds is 7. The molecule has 3 amide bonds. The summed E-state index contributed by atoms with van der Waals surface area (Å²) >= 11 is 7.80. The van der Waals surface area contributed by atoms with Crippen molar-refractivity contribution in [3.05, 3.63) is 97.4 Å². The van der Waals surface area contributed by atoms with Gasteiger partial charge in [-0.1, -0.05) is 47.1 Å². The van der Waals surface area contributed by atoms with Crippen molar-refractivity contribution in [1.29, 1.82) is 0 Å². The van der Waals surface area contributed by atoms with E-state index in [1.54, 1.807) is 42.5 Å². The third kappa shape index (κ3) is 6.40. The molecular formula is C26H20ClN3O5S2. The van der Waals surface area contributed by atoms with Crippen LogP contribution in [0, 0.1) is 24.0 Å². The van der Waals surface area contributed by atoms with Crippen LogP contribution in [0.4, 0.5) is 16.2 Å². The summed E-state index contributed by atoms with van der Waals surface area (Å²) in [4.78, 5) is 51.2. The van der Waals surface area contributed by atoms with Crippen molar-refractivity contribution in [2.24, 2.45) is 0 Å². The Morgan fingerprint density at radius 1 is 1.11 bits per heavy atom. The average Bonchev–Trinajstić information content (AvgIpc) is 3.10. The lowest BCUT2D eigenvalue weighted by molar-refractivity contribution is -0.387. The Labute approximate surface area is 226 Å². The monoisotopic (exact) mass is 553 g/mol. The van der Waals surface area contributed by atoms with Gasteiger partial charge in [0.1, 0.15) is 6.54 Å². The number of hydrogen-bond donors (Lipinski definition) is 1. The van der Waals surface area contributed by atoms with E-state index in [1.165, 1.54) is 23.9 Å². The number of carbonyl (C=O) groups is 3. The number of benzene rings is 3. The lowest BCUT2D eigenvalue weighted by Gasteiger charge is -2.14. The van der Waals surface area contributed by atoms with E-state index in [0.29, 0.717) is 32.9 Å². The number of nitrogens with one attached hydrogen (secondary N) is 1. The summed E-state index contributed by atoms with van der Waals surface area (Å²) in [7, 11) is 0. The molecule has 0 unspecified atom stereocenters. The van der Waals surface area contributed by atoms with Crippen LogP contribution in [-0.4, -0.2) is 33.4 Å². The van der Waals surface area contributed by atoms with Crippen LogP contribution in [-0.2, 0) is 9.59 Å². The normalized spacial score (nSPS) is 14.4. The molecule has 0 aromatic heterocycles. The van der Waals surface area contributed by atoms with Gasteiger partial charge >= 0.3 is 0 Å². The molecule has 0 atom stereocenters. The van der Waals surface area contributed by atoms with E-state index in [4.69, 9.17) is 11.6 Å². The summed E-state index contributed by atoms with van der Waals surface area (Å²) < 4.78 is 0. The van der Waals surface area contributed by atoms with Gasteiger partial charge in [-0.3, -0.25) is 29.4 Å². The minimum atomic E-state index is -0.631. The lowest BCUT2D eigenvalue weighted by atomic mass is 10.1. The Hall–Kier alpha value is -3.60. The molecule has 0 saturated carbocycles. The largest absolute Gasteiger partial charge is 0.324 e. The number of halogens is 1. The Morgan fingerprint density at radius 3 is 2.51 bits per heavy atom. The molecule has 37 heavy (non-hydrogen) atoms. The molecule has 0 aliphatic carbocycles. The molecule has 1 aliphatic heterocycles. The van der Waals surface area contributed by atoms with E-state index < -0.39 is 28.5 Å². The number of carbonyl (C=O) groups excluding carboxylic acids is 3. The summed E-state index contributed by atoms with van der Waals surface area (Å²) in [5, 5.41) is 14.4. The second-order valence-electron chi connectivity index (χ2n) is 8.17. The molecule has 3 aromatic carbocycles. The van der Waals surface area contributed by atoms with Crippen LogP contribution in [0.25, 0.3) is 6.08 Å². The zero-order valence-corrected chi connectivity index (χ0v) is 22.1. The first-order valence-corrected chi connectivity index (χ1v) is 13.0. The molecule has 0 bridgehead atoms. The van der Waals surface area contributed by atoms with Crippen molar-refractivity contribution in [3.63, 3.8) is 0 Å². The predicted octanol–water partition coefficient (Wildman–Crippen LogP) is 6.69. The van der Waals surface area contributed by atoms with Gasteiger partial charge in [0.2, 0.25) is 5.91 Å². The molecule has 4 rings (SSSR count). The van der Waals surface area contributed by atoms with Crippen LogP contribution in [0.2, 0.25) is 5.02 Å². The lowest BCUT2D eigenvalue weighted by Crippen LogP contribution is -2.36. The van der Waals surface area contributed by atoms with Crippen molar-refractivity contribution in [1.82, 2.24) is 4.90 Å². The van der Waals surface area contributed by atoms with Gasteiger partial charge < -0.3 is 5.32 Å². The van der Waals surface area contributed by atoms with Crippen LogP contribution in [0.5, 0.6) is 0 Å². The van der Waals surface area contributed by atoms with Crippen molar-refractivity contribution in [2.75, 3.05) is 11.9 Å². The predicted molar refractivity (Wildman–Crippen MR) is 146 cm³/mol. The molecule has 188 valence electrons. The van der Waals surface area contributed by atoms with Crippen molar-refractivity contribution in [2.45, 2.75) is 23.6 Å². The van der Waals surface area contributed by atoms with Crippen molar-refractivity contribution in [3.8, 4) is 0 Å². The summed E-state index contributed by atoms with van der Waals surface area (Å²) in [6, 6.07) is 17.0. The second-order valence-corrected chi connectivity index (χ2v) is 10.7. The summed E-state index contributed by atoms with van der Waals surface area (Å²) in [5.41, 5.74) is 2.75. The zero-order chi connectivity index (χ0) is 26.7. The van der Waals surface area contributed by atoms with Gasteiger partial charge in [-0.25, -0.2) is 0 Å². The van der Waals surface area contributed by atoms with E-state index in [-0.39, 0.29) is 10.6 Å². The maximum Gasteiger partial charge on any atom is 0.294 e. The van der Waals surface area contributed by atoms with Crippen LogP contribution >= 0.6 is 35.1 Å².